The SMILES string of the molecule is C#CCNC(=O)COC(=O)[C@@H]1COc2ccc(Cl)cc2C1. The van der Waals surface area contributed by atoms with Crippen molar-refractivity contribution in [3.05, 3.63) is 28.8 Å². The first-order valence-electron chi connectivity index (χ1n) is 6.38. The van der Waals surface area contributed by atoms with E-state index in [-0.39, 0.29) is 19.8 Å². The van der Waals surface area contributed by atoms with E-state index < -0.39 is 17.8 Å². The summed E-state index contributed by atoms with van der Waals surface area (Å²) in [5.74, 6) is 1.63. The van der Waals surface area contributed by atoms with E-state index in [1.165, 1.54) is 0 Å². The number of ether oxygens (including phenoxy) is 2. The second-order valence-corrected chi connectivity index (χ2v) is 4.99. The molecule has 1 aromatic rings. The lowest BCUT2D eigenvalue weighted by molar-refractivity contribution is -0.153. The number of fused-ring (bicyclic) bond motifs is 1. The first-order chi connectivity index (χ1) is 10.1. The van der Waals surface area contributed by atoms with E-state index in [0.29, 0.717) is 11.4 Å². The number of terminal acetylenes is 1. The Bertz CT molecular complexity index is 594. The molecule has 0 radical (unpaired) electrons. The maximum Gasteiger partial charge on any atom is 0.313 e. The van der Waals surface area contributed by atoms with E-state index in [9.17, 15) is 9.59 Å². The fourth-order valence-corrected chi connectivity index (χ4v) is 2.16. The Morgan fingerprint density at radius 1 is 1.52 bits per heavy atom. The summed E-state index contributed by atoms with van der Waals surface area (Å²) in [6.45, 7) is -0.0202. The Morgan fingerprint density at radius 2 is 2.33 bits per heavy atom. The van der Waals surface area contributed by atoms with Gasteiger partial charge in [0.2, 0.25) is 0 Å². The highest BCUT2D eigenvalue weighted by molar-refractivity contribution is 6.30. The van der Waals surface area contributed by atoms with Gasteiger partial charge in [0.25, 0.3) is 5.91 Å². The normalized spacial score (nSPS) is 16.1. The van der Waals surface area contributed by atoms with Gasteiger partial charge in [0.1, 0.15) is 12.4 Å². The smallest absolute Gasteiger partial charge is 0.313 e. The molecule has 0 fully saturated rings. The predicted octanol–water partition coefficient (Wildman–Crippen LogP) is 1.18. The summed E-state index contributed by atoms with van der Waals surface area (Å²) in [6, 6.07) is 5.26. The van der Waals surface area contributed by atoms with E-state index in [2.05, 4.69) is 11.2 Å². The van der Waals surface area contributed by atoms with Crippen LogP contribution in [0.5, 0.6) is 5.75 Å². The fraction of sp³-hybridized carbons (Fsp3) is 0.333. The predicted molar refractivity (Wildman–Crippen MR) is 76.9 cm³/mol. The highest BCUT2D eigenvalue weighted by Crippen LogP contribution is 2.30. The maximum atomic E-state index is 11.9. The van der Waals surface area contributed by atoms with Crippen molar-refractivity contribution < 1.29 is 19.1 Å². The van der Waals surface area contributed by atoms with Gasteiger partial charge in [-0.15, -0.1) is 6.42 Å². The van der Waals surface area contributed by atoms with Gasteiger partial charge >= 0.3 is 5.97 Å². The van der Waals surface area contributed by atoms with Crippen molar-refractivity contribution in [3.8, 4) is 18.1 Å². The second-order valence-electron chi connectivity index (χ2n) is 4.55. The van der Waals surface area contributed by atoms with Crippen molar-refractivity contribution >= 4 is 23.5 Å². The van der Waals surface area contributed by atoms with Crippen LogP contribution in [0.2, 0.25) is 5.02 Å². The summed E-state index contributed by atoms with van der Waals surface area (Å²) >= 11 is 5.91. The number of rotatable bonds is 4. The van der Waals surface area contributed by atoms with Gasteiger partial charge in [-0.1, -0.05) is 17.5 Å². The summed E-state index contributed by atoms with van der Waals surface area (Å²) in [5, 5.41) is 3.00. The van der Waals surface area contributed by atoms with Crippen LogP contribution in [0, 0.1) is 18.3 Å². The third-order valence-electron chi connectivity index (χ3n) is 3.00. The number of nitrogens with one attached hydrogen (secondary N) is 1. The molecule has 0 saturated heterocycles. The highest BCUT2D eigenvalue weighted by Gasteiger charge is 2.27. The molecule has 1 heterocycles. The summed E-state index contributed by atoms with van der Waals surface area (Å²) in [6.07, 6.45) is 5.48. The van der Waals surface area contributed by atoms with Crippen LogP contribution in [-0.2, 0) is 20.7 Å². The summed E-state index contributed by atoms with van der Waals surface area (Å²) in [4.78, 5) is 23.2. The van der Waals surface area contributed by atoms with Gasteiger partial charge in [0, 0.05) is 5.02 Å². The molecule has 21 heavy (non-hydrogen) atoms. The quantitative estimate of drug-likeness (QED) is 0.670. The molecule has 0 aromatic heterocycles. The molecule has 1 N–H and O–H groups in total. The average molecular weight is 308 g/mol. The van der Waals surface area contributed by atoms with Gasteiger partial charge in [0.15, 0.2) is 6.61 Å². The van der Waals surface area contributed by atoms with Gasteiger partial charge in [0.05, 0.1) is 12.5 Å². The standard InChI is InChI=1S/C15H14ClNO4/c1-2-5-17-14(18)9-21-15(19)11-6-10-7-12(16)3-4-13(10)20-8-11/h1,3-4,7,11H,5-6,8-9H2,(H,17,18)/t11-/m0/s1. The van der Waals surface area contributed by atoms with Crippen LogP contribution in [0.4, 0.5) is 0 Å². The van der Waals surface area contributed by atoms with Gasteiger partial charge in [-0.2, -0.15) is 0 Å². The molecular formula is C15H14ClNO4. The van der Waals surface area contributed by atoms with Crippen LogP contribution < -0.4 is 10.1 Å². The van der Waals surface area contributed by atoms with E-state index >= 15 is 0 Å². The lowest BCUT2D eigenvalue weighted by Gasteiger charge is -2.24. The average Bonchev–Trinajstić information content (AvgIpc) is 2.49. The zero-order valence-electron chi connectivity index (χ0n) is 11.2. The molecule has 0 saturated carbocycles. The molecule has 0 spiro atoms. The van der Waals surface area contributed by atoms with Gasteiger partial charge in [-0.3, -0.25) is 9.59 Å². The second kappa shape index (κ2) is 7.00. The molecule has 2 rings (SSSR count). The Balaban J connectivity index is 1.87. The van der Waals surface area contributed by atoms with Crippen molar-refractivity contribution in [2.75, 3.05) is 19.8 Å². The topological polar surface area (TPSA) is 64.6 Å². The number of carbonyl (C=O) groups excluding carboxylic acids is 2. The van der Waals surface area contributed by atoms with Crippen molar-refractivity contribution in [1.29, 1.82) is 0 Å². The van der Waals surface area contributed by atoms with Crippen LogP contribution in [0.25, 0.3) is 0 Å². The van der Waals surface area contributed by atoms with Crippen LogP contribution in [0.1, 0.15) is 5.56 Å². The lowest BCUT2D eigenvalue weighted by atomic mass is 9.97. The van der Waals surface area contributed by atoms with Gasteiger partial charge in [-0.25, -0.2) is 0 Å². The molecule has 110 valence electrons. The third kappa shape index (κ3) is 4.14. The fourth-order valence-electron chi connectivity index (χ4n) is 1.97. The number of hydrogen-bond donors (Lipinski definition) is 1. The number of benzene rings is 1. The summed E-state index contributed by atoms with van der Waals surface area (Å²) < 4.78 is 10.5. The zero-order chi connectivity index (χ0) is 15.2. The molecule has 0 bridgehead atoms. The molecular weight excluding hydrogens is 294 g/mol. The maximum absolute atomic E-state index is 11.9. The highest BCUT2D eigenvalue weighted by atomic mass is 35.5. The summed E-state index contributed by atoms with van der Waals surface area (Å²) in [7, 11) is 0. The molecule has 6 heteroatoms. The minimum Gasteiger partial charge on any atom is -0.492 e. The van der Waals surface area contributed by atoms with Crippen LogP contribution >= 0.6 is 11.6 Å². The number of hydrogen-bond acceptors (Lipinski definition) is 4. The Hall–Kier alpha value is -2.19. The number of esters is 1. The Labute approximate surface area is 127 Å². The van der Waals surface area contributed by atoms with E-state index in [1.54, 1.807) is 18.2 Å². The monoisotopic (exact) mass is 307 g/mol. The van der Waals surface area contributed by atoms with Crippen molar-refractivity contribution in [2.24, 2.45) is 5.92 Å². The lowest BCUT2D eigenvalue weighted by Crippen LogP contribution is -2.34. The number of halogens is 1. The van der Waals surface area contributed by atoms with Crippen molar-refractivity contribution in [1.82, 2.24) is 5.32 Å². The minimum absolute atomic E-state index is 0.106. The third-order valence-corrected chi connectivity index (χ3v) is 3.23. The molecule has 0 aliphatic carbocycles. The van der Waals surface area contributed by atoms with E-state index in [0.717, 1.165) is 11.3 Å². The Morgan fingerprint density at radius 3 is 3.10 bits per heavy atom. The van der Waals surface area contributed by atoms with Crippen molar-refractivity contribution in [3.63, 3.8) is 0 Å². The van der Waals surface area contributed by atoms with Crippen LogP contribution in [0.15, 0.2) is 18.2 Å². The molecule has 1 aliphatic heterocycles. The largest absolute Gasteiger partial charge is 0.492 e. The van der Waals surface area contributed by atoms with Crippen molar-refractivity contribution in [2.45, 2.75) is 6.42 Å². The zero-order valence-corrected chi connectivity index (χ0v) is 12.0. The molecule has 0 unspecified atom stereocenters. The van der Waals surface area contributed by atoms with Gasteiger partial charge < -0.3 is 14.8 Å². The number of carbonyl (C=O) groups is 2. The molecule has 1 aliphatic rings. The Kier molecular flexibility index (Phi) is 5.07. The summed E-state index contributed by atoms with van der Waals surface area (Å²) in [5.41, 5.74) is 0.854. The minimum atomic E-state index is -0.475. The molecule has 1 atom stereocenters. The van der Waals surface area contributed by atoms with E-state index in [4.69, 9.17) is 27.5 Å². The van der Waals surface area contributed by atoms with Gasteiger partial charge in [-0.05, 0) is 30.2 Å². The molecule has 1 amide bonds. The molecule has 5 nitrogen and oxygen atoms in total. The van der Waals surface area contributed by atoms with E-state index in [1.807, 2.05) is 0 Å². The van der Waals surface area contributed by atoms with Crippen LogP contribution in [0.3, 0.4) is 0 Å². The molecule has 1 aromatic carbocycles. The number of amides is 1. The first kappa shape index (κ1) is 15.2. The first-order valence-corrected chi connectivity index (χ1v) is 6.76. The van der Waals surface area contributed by atoms with Crippen LogP contribution in [-0.4, -0.2) is 31.6 Å².